The van der Waals surface area contributed by atoms with Gasteiger partial charge in [0.1, 0.15) is 11.6 Å². The summed E-state index contributed by atoms with van der Waals surface area (Å²) in [7, 11) is 0. The van der Waals surface area contributed by atoms with E-state index in [1.165, 1.54) is 30.3 Å². The Hall–Kier alpha value is -2.76. The number of halogens is 2. The van der Waals surface area contributed by atoms with Crippen molar-refractivity contribution in [2.75, 3.05) is 11.9 Å². The molecule has 0 spiro atoms. The van der Waals surface area contributed by atoms with Crippen LogP contribution in [0.4, 0.5) is 14.5 Å². The average molecular weight is 330 g/mol. The van der Waals surface area contributed by atoms with Gasteiger partial charge in [-0.15, -0.1) is 0 Å². The van der Waals surface area contributed by atoms with Crippen LogP contribution in [-0.4, -0.2) is 18.4 Å². The van der Waals surface area contributed by atoms with Crippen molar-refractivity contribution in [3.8, 4) is 0 Å². The van der Waals surface area contributed by atoms with Gasteiger partial charge in [-0.3, -0.25) is 9.59 Å². The van der Waals surface area contributed by atoms with Gasteiger partial charge in [0.15, 0.2) is 0 Å². The number of hydrogen-bond acceptors (Lipinski definition) is 2. The quantitative estimate of drug-likeness (QED) is 0.906. The lowest BCUT2D eigenvalue weighted by atomic mass is 9.89. The summed E-state index contributed by atoms with van der Waals surface area (Å²) < 4.78 is 26.4. The molecule has 1 unspecified atom stereocenters. The van der Waals surface area contributed by atoms with Gasteiger partial charge in [0.2, 0.25) is 11.8 Å². The molecule has 2 N–H and O–H groups in total. The van der Waals surface area contributed by atoms with Crippen molar-refractivity contribution < 1.29 is 18.4 Å². The molecule has 0 fully saturated rings. The van der Waals surface area contributed by atoms with Crippen molar-refractivity contribution in [2.45, 2.75) is 18.8 Å². The van der Waals surface area contributed by atoms with Crippen molar-refractivity contribution in [3.63, 3.8) is 0 Å². The molecule has 2 aromatic carbocycles. The normalized spacial score (nSPS) is 16.2. The van der Waals surface area contributed by atoms with E-state index in [0.717, 1.165) is 5.56 Å². The van der Waals surface area contributed by atoms with Crippen LogP contribution in [0.25, 0.3) is 0 Å². The summed E-state index contributed by atoms with van der Waals surface area (Å²) >= 11 is 0. The van der Waals surface area contributed by atoms with E-state index in [1.807, 2.05) is 0 Å². The number of anilines is 1. The van der Waals surface area contributed by atoms with Crippen LogP contribution in [0.2, 0.25) is 0 Å². The van der Waals surface area contributed by atoms with E-state index in [1.54, 1.807) is 12.1 Å². The number of carbonyl (C=O) groups excluding carboxylic acids is 2. The standard InChI is InChI=1S/C18H16F2N2O2/c19-12-3-1-2-11(8-12)6-7-21-18(24)15-10-17(23)22-16-9-13(20)4-5-14(15)16/h1-5,8-9,15H,6-7,10H2,(H,21,24)(H,22,23). The SMILES string of the molecule is O=C1CC(C(=O)NCCc2cccc(F)c2)c2ccc(F)cc2N1. The number of carbonyl (C=O) groups is 2. The van der Waals surface area contributed by atoms with Gasteiger partial charge in [-0.2, -0.15) is 0 Å². The first-order valence-electron chi connectivity index (χ1n) is 7.64. The highest BCUT2D eigenvalue weighted by Gasteiger charge is 2.30. The lowest BCUT2D eigenvalue weighted by Crippen LogP contribution is -2.36. The van der Waals surface area contributed by atoms with Gasteiger partial charge in [-0.25, -0.2) is 8.78 Å². The first kappa shape index (κ1) is 16.1. The number of benzene rings is 2. The van der Waals surface area contributed by atoms with Crippen molar-refractivity contribution in [1.82, 2.24) is 5.32 Å². The second-order valence-electron chi connectivity index (χ2n) is 5.71. The Bertz CT molecular complexity index is 792. The topological polar surface area (TPSA) is 58.2 Å². The molecule has 124 valence electrons. The highest BCUT2D eigenvalue weighted by molar-refractivity contribution is 6.01. The van der Waals surface area contributed by atoms with Crippen LogP contribution in [0, 0.1) is 11.6 Å². The number of fused-ring (bicyclic) bond motifs is 1. The summed E-state index contributed by atoms with van der Waals surface area (Å²) in [5.41, 5.74) is 1.70. The Morgan fingerprint density at radius 3 is 2.75 bits per heavy atom. The molecular weight excluding hydrogens is 314 g/mol. The molecular formula is C18H16F2N2O2. The smallest absolute Gasteiger partial charge is 0.228 e. The van der Waals surface area contributed by atoms with Crippen LogP contribution in [0.1, 0.15) is 23.5 Å². The summed E-state index contributed by atoms with van der Waals surface area (Å²) in [4.78, 5) is 24.1. The molecule has 1 atom stereocenters. The molecule has 2 amide bonds. The first-order chi connectivity index (χ1) is 11.5. The highest BCUT2D eigenvalue weighted by Crippen LogP contribution is 2.32. The molecule has 0 radical (unpaired) electrons. The lowest BCUT2D eigenvalue weighted by Gasteiger charge is -2.24. The third-order valence-electron chi connectivity index (χ3n) is 3.97. The second-order valence-corrected chi connectivity index (χ2v) is 5.71. The molecule has 0 saturated heterocycles. The van der Waals surface area contributed by atoms with Crippen LogP contribution in [0.15, 0.2) is 42.5 Å². The zero-order chi connectivity index (χ0) is 17.1. The number of nitrogens with one attached hydrogen (secondary N) is 2. The highest BCUT2D eigenvalue weighted by atomic mass is 19.1. The molecule has 0 bridgehead atoms. The summed E-state index contributed by atoms with van der Waals surface area (Å²) in [6, 6.07) is 10.2. The van der Waals surface area contributed by atoms with Crippen molar-refractivity contribution in [2.24, 2.45) is 0 Å². The third kappa shape index (κ3) is 3.59. The predicted molar refractivity (Wildman–Crippen MR) is 85.5 cm³/mol. The number of amides is 2. The predicted octanol–water partition coefficient (Wildman–Crippen LogP) is 2.75. The van der Waals surface area contributed by atoms with E-state index in [0.29, 0.717) is 24.2 Å². The minimum absolute atomic E-state index is 0.0183. The Balaban J connectivity index is 1.66. The largest absolute Gasteiger partial charge is 0.355 e. The van der Waals surface area contributed by atoms with E-state index in [4.69, 9.17) is 0 Å². The van der Waals surface area contributed by atoms with E-state index < -0.39 is 11.7 Å². The van der Waals surface area contributed by atoms with Crippen molar-refractivity contribution in [1.29, 1.82) is 0 Å². The van der Waals surface area contributed by atoms with Gasteiger partial charge in [0.25, 0.3) is 0 Å². The average Bonchev–Trinajstić information content (AvgIpc) is 2.53. The zero-order valence-electron chi connectivity index (χ0n) is 12.8. The van der Waals surface area contributed by atoms with Gasteiger partial charge >= 0.3 is 0 Å². The fourth-order valence-corrected chi connectivity index (χ4v) is 2.82. The van der Waals surface area contributed by atoms with E-state index in [9.17, 15) is 18.4 Å². The minimum Gasteiger partial charge on any atom is -0.355 e. The van der Waals surface area contributed by atoms with Gasteiger partial charge in [-0.1, -0.05) is 18.2 Å². The van der Waals surface area contributed by atoms with E-state index in [-0.39, 0.29) is 24.1 Å². The first-order valence-corrected chi connectivity index (χ1v) is 7.64. The maximum absolute atomic E-state index is 13.3. The molecule has 24 heavy (non-hydrogen) atoms. The summed E-state index contributed by atoms with van der Waals surface area (Å²) in [6.45, 7) is 0.330. The maximum Gasteiger partial charge on any atom is 0.228 e. The molecule has 3 rings (SSSR count). The van der Waals surface area contributed by atoms with E-state index >= 15 is 0 Å². The van der Waals surface area contributed by atoms with Crippen LogP contribution < -0.4 is 10.6 Å². The molecule has 0 aliphatic carbocycles. The van der Waals surface area contributed by atoms with Gasteiger partial charge in [-0.05, 0) is 41.8 Å². The fourth-order valence-electron chi connectivity index (χ4n) is 2.82. The Morgan fingerprint density at radius 1 is 1.17 bits per heavy atom. The monoisotopic (exact) mass is 330 g/mol. The summed E-state index contributed by atoms with van der Waals surface area (Å²) in [6.07, 6.45) is 0.503. The van der Waals surface area contributed by atoms with Crippen LogP contribution >= 0.6 is 0 Å². The van der Waals surface area contributed by atoms with Crippen LogP contribution in [0.5, 0.6) is 0 Å². The van der Waals surface area contributed by atoms with Crippen LogP contribution in [0.3, 0.4) is 0 Å². The number of hydrogen-bond donors (Lipinski definition) is 2. The van der Waals surface area contributed by atoms with Gasteiger partial charge in [0.05, 0.1) is 5.92 Å². The zero-order valence-corrected chi connectivity index (χ0v) is 12.8. The van der Waals surface area contributed by atoms with Crippen molar-refractivity contribution >= 4 is 17.5 Å². The Labute approximate surface area is 137 Å². The Kier molecular flexibility index (Phi) is 4.55. The molecule has 1 aliphatic heterocycles. The van der Waals surface area contributed by atoms with E-state index in [2.05, 4.69) is 10.6 Å². The molecule has 4 nitrogen and oxygen atoms in total. The third-order valence-corrected chi connectivity index (χ3v) is 3.97. The molecule has 6 heteroatoms. The van der Waals surface area contributed by atoms with Crippen LogP contribution in [-0.2, 0) is 16.0 Å². The molecule has 0 saturated carbocycles. The Morgan fingerprint density at radius 2 is 1.96 bits per heavy atom. The summed E-state index contributed by atoms with van der Waals surface area (Å²) in [5.74, 6) is -2.06. The fraction of sp³-hybridized carbons (Fsp3) is 0.222. The van der Waals surface area contributed by atoms with Gasteiger partial charge < -0.3 is 10.6 Å². The van der Waals surface area contributed by atoms with Crippen molar-refractivity contribution in [3.05, 3.63) is 65.2 Å². The molecule has 1 heterocycles. The maximum atomic E-state index is 13.3. The van der Waals surface area contributed by atoms with Gasteiger partial charge in [0, 0.05) is 18.7 Å². The molecule has 0 aromatic heterocycles. The second kappa shape index (κ2) is 6.78. The minimum atomic E-state index is -0.651. The lowest BCUT2D eigenvalue weighted by molar-refractivity contribution is -0.126. The molecule has 2 aromatic rings. The summed E-state index contributed by atoms with van der Waals surface area (Å²) in [5, 5.41) is 5.33. The molecule has 1 aliphatic rings. The number of rotatable bonds is 4.